The van der Waals surface area contributed by atoms with E-state index in [1.54, 1.807) is 0 Å². The van der Waals surface area contributed by atoms with Gasteiger partial charge in [0.25, 0.3) is 0 Å². The minimum atomic E-state index is -0.889. The number of benzene rings is 2. The molecule has 0 atom stereocenters. The molecule has 7 heteroatoms. The van der Waals surface area contributed by atoms with E-state index in [-0.39, 0.29) is 18.0 Å². The maximum Gasteiger partial charge on any atom is 0.317 e. The van der Waals surface area contributed by atoms with E-state index in [1.165, 1.54) is 17.7 Å². The fourth-order valence-electron chi connectivity index (χ4n) is 2.77. The van der Waals surface area contributed by atoms with Crippen molar-refractivity contribution in [1.82, 2.24) is 14.9 Å². The number of hydrogen-bond donors (Lipinski definition) is 2. The molecule has 0 aliphatic heterocycles. The smallest absolute Gasteiger partial charge is 0.317 e. The number of nitrogens with zero attached hydrogens (tertiary/aromatic N) is 1. The highest BCUT2D eigenvalue weighted by molar-refractivity contribution is 5.79. The molecule has 26 heavy (non-hydrogen) atoms. The van der Waals surface area contributed by atoms with Gasteiger partial charge in [0, 0.05) is 6.54 Å². The molecule has 1 aromatic heterocycles. The highest BCUT2D eigenvalue weighted by Gasteiger charge is 2.11. The van der Waals surface area contributed by atoms with Crippen molar-refractivity contribution in [2.45, 2.75) is 19.4 Å². The van der Waals surface area contributed by atoms with Crippen molar-refractivity contribution < 1.29 is 9.18 Å². The van der Waals surface area contributed by atoms with Gasteiger partial charge in [-0.25, -0.2) is 4.39 Å². The number of nitrogens with one attached hydrogen (secondary N) is 2. The summed E-state index contributed by atoms with van der Waals surface area (Å²) in [6, 6.07) is 13.6. The van der Waals surface area contributed by atoms with E-state index in [9.17, 15) is 18.8 Å². The molecular formula is C19H18FN3O3. The average molecular weight is 355 g/mol. The van der Waals surface area contributed by atoms with E-state index in [0.717, 1.165) is 23.5 Å². The van der Waals surface area contributed by atoms with Crippen molar-refractivity contribution in [3.63, 3.8) is 0 Å². The maximum absolute atomic E-state index is 13.3. The topological polar surface area (TPSA) is 84.0 Å². The SMILES string of the molecule is O=C(Cn1c(=O)c(=O)[nH]c2cc(F)ccc21)NCCCc1ccccc1. The molecule has 134 valence electrons. The molecule has 0 saturated heterocycles. The number of carbonyl (C=O) groups is 1. The highest BCUT2D eigenvalue weighted by atomic mass is 19.1. The zero-order valence-corrected chi connectivity index (χ0v) is 14.0. The summed E-state index contributed by atoms with van der Waals surface area (Å²) in [5.41, 5.74) is -0.0778. The van der Waals surface area contributed by atoms with Gasteiger partial charge in [-0.15, -0.1) is 0 Å². The van der Waals surface area contributed by atoms with Crippen molar-refractivity contribution in [3.8, 4) is 0 Å². The molecule has 0 unspecified atom stereocenters. The van der Waals surface area contributed by atoms with Gasteiger partial charge in [0.2, 0.25) is 5.91 Å². The number of aromatic amines is 1. The first-order valence-electron chi connectivity index (χ1n) is 8.27. The Kier molecular flexibility index (Phi) is 5.26. The van der Waals surface area contributed by atoms with Crippen LogP contribution in [0.2, 0.25) is 0 Å². The Hall–Kier alpha value is -3.22. The van der Waals surface area contributed by atoms with Gasteiger partial charge in [-0.3, -0.25) is 19.0 Å². The van der Waals surface area contributed by atoms with Gasteiger partial charge in [0.05, 0.1) is 11.0 Å². The molecule has 0 bridgehead atoms. The zero-order valence-electron chi connectivity index (χ0n) is 14.0. The summed E-state index contributed by atoms with van der Waals surface area (Å²) < 4.78 is 14.4. The Morgan fingerprint density at radius 1 is 1.12 bits per heavy atom. The summed E-state index contributed by atoms with van der Waals surface area (Å²) in [5.74, 6) is -0.917. The van der Waals surface area contributed by atoms with Crippen LogP contribution in [0.3, 0.4) is 0 Å². The number of fused-ring (bicyclic) bond motifs is 1. The van der Waals surface area contributed by atoms with Crippen molar-refractivity contribution in [3.05, 3.63) is 80.6 Å². The number of carbonyl (C=O) groups excluding carboxylic acids is 1. The van der Waals surface area contributed by atoms with E-state index >= 15 is 0 Å². The van der Waals surface area contributed by atoms with Crippen LogP contribution in [0.4, 0.5) is 4.39 Å². The van der Waals surface area contributed by atoms with E-state index in [2.05, 4.69) is 10.3 Å². The second kappa shape index (κ2) is 7.77. The number of rotatable bonds is 6. The van der Waals surface area contributed by atoms with Crippen LogP contribution in [0.1, 0.15) is 12.0 Å². The fraction of sp³-hybridized carbons (Fsp3) is 0.211. The van der Waals surface area contributed by atoms with Crippen LogP contribution in [-0.4, -0.2) is 22.0 Å². The molecule has 0 aliphatic rings. The van der Waals surface area contributed by atoms with Crippen LogP contribution in [-0.2, 0) is 17.8 Å². The Morgan fingerprint density at radius 2 is 1.88 bits per heavy atom. The number of aromatic nitrogens is 2. The van der Waals surface area contributed by atoms with Crippen molar-refractivity contribution in [2.75, 3.05) is 6.54 Å². The summed E-state index contributed by atoms with van der Waals surface area (Å²) >= 11 is 0. The molecule has 6 nitrogen and oxygen atoms in total. The lowest BCUT2D eigenvalue weighted by Crippen LogP contribution is -2.40. The predicted octanol–water partition coefficient (Wildman–Crippen LogP) is 1.58. The van der Waals surface area contributed by atoms with Crippen LogP contribution < -0.4 is 16.4 Å². The largest absolute Gasteiger partial charge is 0.355 e. The number of aryl methyl sites for hydroxylation is 1. The summed E-state index contributed by atoms with van der Waals surface area (Å²) in [6.45, 7) is 0.161. The molecular weight excluding hydrogens is 337 g/mol. The summed E-state index contributed by atoms with van der Waals surface area (Å²) in [7, 11) is 0. The second-order valence-electron chi connectivity index (χ2n) is 5.95. The lowest BCUT2D eigenvalue weighted by atomic mass is 10.1. The summed E-state index contributed by atoms with van der Waals surface area (Å²) in [5, 5.41) is 2.74. The third kappa shape index (κ3) is 4.05. The van der Waals surface area contributed by atoms with Crippen molar-refractivity contribution in [1.29, 1.82) is 0 Å². The first kappa shape index (κ1) is 17.6. The average Bonchev–Trinajstić information content (AvgIpc) is 2.63. The minimum Gasteiger partial charge on any atom is -0.355 e. The van der Waals surface area contributed by atoms with E-state index < -0.39 is 16.9 Å². The zero-order chi connectivity index (χ0) is 18.5. The standard InChI is InChI=1S/C19H18FN3O3/c20-14-8-9-16-15(11-14)22-18(25)19(26)23(16)12-17(24)21-10-4-7-13-5-2-1-3-6-13/h1-3,5-6,8-9,11H,4,7,10,12H2,(H,21,24)(H,22,25). The fourth-order valence-corrected chi connectivity index (χ4v) is 2.77. The predicted molar refractivity (Wildman–Crippen MR) is 96.6 cm³/mol. The Balaban J connectivity index is 1.66. The molecule has 0 saturated carbocycles. The highest BCUT2D eigenvalue weighted by Crippen LogP contribution is 2.10. The van der Waals surface area contributed by atoms with E-state index in [4.69, 9.17) is 0 Å². The number of amides is 1. The lowest BCUT2D eigenvalue weighted by Gasteiger charge is -2.10. The number of H-pyrrole nitrogens is 1. The minimum absolute atomic E-state index is 0.173. The van der Waals surface area contributed by atoms with Crippen molar-refractivity contribution in [2.24, 2.45) is 0 Å². The Labute approximate surface area is 148 Å². The molecule has 0 radical (unpaired) electrons. The quantitative estimate of drug-likeness (QED) is 0.520. The second-order valence-corrected chi connectivity index (χ2v) is 5.95. The van der Waals surface area contributed by atoms with Crippen molar-refractivity contribution >= 4 is 16.9 Å². The van der Waals surface area contributed by atoms with Gasteiger partial charge in [-0.05, 0) is 36.6 Å². The molecule has 0 fully saturated rings. The van der Waals surface area contributed by atoms with Gasteiger partial charge in [0.1, 0.15) is 12.4 Å². The molecule has 0 aliphatic carbocycles. The molecule has 2 aromatic carbocycles. The van der Waals surface area contributed by atoms with Gasteiger partial charge >= 0.3 is 11.1 Å². The third-order valence-corrected chi connectivity index (χ3v) is 4.05. The Bertz CT molecular complexity index is 1040. The van der Waals surface area contributed by atoms with E-state index in [0.29, 0.717) is 12.1 Å². The number of halogens is 1. The van der Waals surface area contributed by atoms with E-state index in [1.807, 2.05) is 30.3 Å². The molecule has 1 amide bonds. The number of hydrogen-bond acceptors (Lipinski definition) is 3. The van der Waals surface area contributed by atoms with Crippen LogP contribution >= 0.6 is 0 Å². The normalized spacial score (nSPS) is 10.8. The van der Waals surface area contributed by atoms with Crippen LogP contribution in [0.25, 0.3) is 11.0 Å². The first-order chi connectivity index (χ1) is 12.5. The molecule has 0 spiro atoms. The van der Waals surface area contributed by atoms with Gasteiger partial charge < -0.3 is 10.3 Å². The molecule has 3 aromatic rings. The maximum atomic E-state index is 13.3. The Morgan fingerprint density at radius 3 is 2.65 bits per heavy atom. The summed E-state index contributed by atoms with van der Waals surface area (Å²) in [6.07, 6.45) is 1.58. The first-order valence-corrected chi connectivity index (χ1v) is 8.27. The van der Waals surface area contributed by atoms with Gasteiger partial charge in [-0.2, -0.15) is 0 Å². The monoisotopic (exact) mass is 355 g/mol. The third-order valence-electron chi connectivity index (χ3n) is 4.05. The van der Waals surface area contributed by atoms with Gasteiger partial charge in [-0.1, -0.05) is 30.3 Å². The lowest BCUT2D eigenvalue weighted by molar-refractivity contribution is -0.121. The molecule has 2 N–H and O–H groups in total. The molecule has 1 heterocycles. The molecule has 3 rings (SSSR count). The van der Waals surface area contributed by atoms with Gasteiger partial charge in [0.15, 0.2) is 0 Å². The summed E-state index contributed by atoms with van der Waals surface area (Å²) in [4.78, 5) is 38.2. The van der Waals surface area contributed by atoms with Crippen LogP contribution in [0.5, 0.6) is 0 Å². The van der Waals surface area contributed by atoms with Crippen LogP contribution in [0, 0.1) is 5.82 Å². The van der Waals surface area contributed by atoms with Crippen LogP contribution in [0.15, 0.2) is 58.1 Å².